The lowest BCUT2D eigenvalue weighted by atomic mass is 9.92. The first-order valence-corrected chi connectivity index (χ1v) is 8.76. The molecule has 1 N–H and O–H groups in total. The molecule has 1 aliphatic heterocycles. The second-order valence-corrected chi connectivity index (χ2v) is 7.24. The normalized spacial score (nSPS) is 28.4. The van der Waals surface area contributed by atoms with Crippen molar-refractivity contribution in [2.24, 2.45) is 16.8 Å². The van der Waals surface area contributed by atoms with E-state index in [9.17, 15) is 0 Å². The highest BCUT2D eigenvalue weighted by molar-refractivity contribution is 5.80. The number of likely N-dealkylation sites (tertiary alicyclic amines) is 1. The van der Waals surface area contributed by atoms with E-state index in [-0.39, 0.29) is 0 Å². The van der Waals surface area contributed by atoms with Crippen molar-refractivity contribution in [2.75, 3.05) is 40.3 Å². The Labute approximate surface area is 131 Å². The van der Waals surface area contributed by atoms with Crippen LogP contribution in [0.4, 0.5) is 0 Å². The SMILES string of the molecule is CN=C(NCCN(C)C1CCCC1)N1CC(C)CC(C)C1. The van der Waals surface area contributed by atoms with Crippen molar-refractivity contribution in [2.45, 2.75) is 52.0 Å². The fourth-order valence-electron chi connectivity index (χ4n) is 4.04. The maximum Gasteiger partial charge on any atom is 0.193 e. The summed E-state index contributed by atoms with van der Waals surface area (Å²) in [5.41, 5.74) is 0. The molecule has 4 nitrogen and oxygen atoms in total. The van der Waals surface area contributed by atoms with Gasteiger partial charge in [-0.15, -0.1) is 0 Å². The van der Waals surface area contributed by atoms with Gasteiger partial charge in [-0.25, -0.2) is 0 Å². The van der Waals surface area contributed by atoms with Crippen LogP contribution in [0.15, 0.2) is 4.99 Å². The molecule has 0 aromatic carbocycles. The summed E-state index contributed by atoms with van der Waals surface area (Å²) in [4.78, 5) is 9.45. The molecule has 122 valence electrons. The molecule has 0 bridgehead atoms. The molecule has 0 amide bonds. The van der Waals surface area contributed by atoms with E-state index < -0.39 is 0 Å². The summed E-state index contributed by atoms with van der Waals surface area (Å²) >= 11 is 0. The Morgan fingerprint density at radius 2 is 1.81 bits per heavy atom. The van der Waals surface area contributed by atoms with Crippen LogP contribution < -0.4 is 5.32 Å². The minimum Gasteiger partial charge on any atom is -0.355 e. The van der Waals surface area contributed by atoms with Crippen LogP contribution in [0.3, 0.4) is 0 Å². The predicted octanol–water partition coefficient (Wildman–Crippen LogP) is 2.41. The molecule has 2 aliphatic rings. The minimum absolute atomic E-state index is 0.772. The number of nitrogens with one attached hydrogen (secondary N) is 1. The maximum atomic E-state index is 4.49. The van der Waals surface area contributed by atoms with E-state index in [0.29, 0.717) is 0 Å². The van der Waals surface area contributed by atoms with Crippen LogP contribution in [-0.2, 0) is 0 Å². The summed E-state index contributed by atoms with van der Waals surface area (Å²) in [7, 11) is 4.18. The van der Waals surface area contributed by atoms with E-state index >= 15 is 0 Å². The molecule has 1 heterocycles. The molecule has 2 fully saturated rings. The Balaban J connectivity index is 1.74. The molecular weight excluding hydrogens is 260 g/mol. The van der Waals surface area contributed by atoms with Gasteiger partial charge in [0.2, 0.25) is 0 Å². The van der Waals surface area contributed by atoms with E-state index in [1.807, 2.05) is 7.05 Å². The van der Waals surface area contributed by atoms with Crippen LogP contribution in [0.5, 0.6) is 0 Å². The molecule has 0 aromatic rings. The summed E-state index contributed by atoms with van der Waals surface area (Å²) in [6.07, 6.45) is 6.93. The molecule has 2 atom stereocenters. The fraction of sp³-hybridized carbons (Fsp3) is 0.941. The summed E-state index contributed by atoms with van der Waals surface area (Å²) in [5.74, 6) is 2.63. The third kappa shape index (κ3) is 4.87. The lowest BCUT2D eigenvalue weighted by Crippen LogP contribution is -2.50. The number of likely N-dealkylation sites (N-methyl/N-ethyl adjacent to an activating group) is 1. The molecule has 0 spiro atoms. The van der Waals surface area contributed by atoms with Crippen molar-refractivity contribution in [3.8, 4) is 0 Å². The summed E-state index contributed by atoms with van der Waals surface area (Å²) in [5, 5.41) is 3.57. The van der Waals surface area contributed by atoms with Gasteiger partial charge in [0.05, 0.1) is 0 Å². The maximum absolute atomic E-state index is 4.49. The zero-order valence-electron chi connectivity index (χ0n) is 14.4. The van der Waals surface area contributed by atoms with Crippen LogP contribution in [0.2, 0.25) is 0 Å². The van der Waals surface area contributed by atoms with Gasteiger partial charge in [-0.1, -0.05) is 26.7 Å². The Hall–Kier alpha value is -0.770. The average molecular weight is 294 g/mol. The van der Waals surface area contributed by atoms with Gasteiger partial charge in [0, 0.05) is 39.3 Å². The topological polar surface area (TPSA) is 30.9 Å². The van der Waals surface area contributed by atoms with Gasteiger partial charge in [0.25, 0.3) is 0 Å². The van der Waals surface area contributed by atoms with E-state index in [0.717, 1.165) is 50.0 Å². The quantitative estimate of drug-likeness (QED) is 0.638. The van der Waals surface area contributed by atoms with Gasteiger partial charge in [-0.2, -0.15) is 0 Å². The van der Waals surface area contributed by atoms with Crippen LogP contribution in [0.25, 0.3) is 0 Å². The molecule has 2 unspecified atom stereocenters. The van der Waals surface area contributed by atoms with Crippen molar-refractivity contribution in [1.29, 1.82) is 0 Å². The second kappa shape index (κ2) is 8.02. The van der Waals surface area contributed by atoms with Crippen LogP contribution in [-0.4, -0.2) is 62.1 Å². The molecule has 2 rings (SSSR count). The number of aliphatic imine (C=N–C) groups is 1. The number of nitrogens with zero attached hydrogens (tertiary/aromatic N) is 3. The van der Waals surface area contributed by atoms with Gasteiger partial charge in [-0.05, 0) is 38.1 Å². The van der Waals surface area contributed by atoms with Gasteiger partial charge in [0.15, 0.2) is 5.96 Å². The molecule has 21 heavy (non-hydrogen) atoms. The zero-order chi connectivity index (χ0) is 15.2. The lowest BCUT2D eigenvalue weighted by molar-refractivity contribution is 0.206. The molecule has 1 aliphatic carbocycles. The number of hydrogen-bond acceptors (Lipinski definition) is 2. The minimum atomic E-state index is 0.772. The highest BCUT2D eigenvalue weighted by Gasteiger charge is 2.24. The van der Waals surface area contributed by atoms with Crippen LogP contribution >= 0.6 is 0 Å². The van der Waals surface area contributed by atoms with Gasteiger partial charge < -0.3 is 15.1 Å². The van der Waals surface area contributed by atoms with E-state index in [2.05, 4.69) is 41.0 Å². The summed E-state index contributed by atoms with van der Waals surface area (Å²) in [6.45, 7) is 9.10. The standard InChI is InChI=1S/C17H34N4/c1-14-11-15(2)13-21(12-14)17(18-3)19-9-10-20(4)16-7-5-6-8-16/h14-16H,5-13H2,1-4H3,(H,18,19). The van der Waals surface area contributed by atoms with Crippen molar-refractivity contribution in [3.63, 3.8) is 0 Å². The van der Waals surface area contributed by atoms with Gasteiger partial charge in [0.1, 0.15) is 0 Å². The van der Waals surface area contributed by atoms with E-state index in [1.165, 1.54) is 32.1 Å². The number of guanidine groups is 1. The van der Waals surface area contributed by atoms with Crippen LogP contribution in [0.1, 0.15) is 46.0 Å². The molecule has 4 heteroatoms. The molecule has 1 saturated heterocycles. The third-order valence-electron chi connectivity index (χ3n) is 5.08. The van der Waals surface area contributed by atoms with E-state index in [4.69, 9.17) is 0 Å². The Morgan fingerprint density at radius 1 is 1.19 bits per heavy atom. The molecular formula is C17H34N4. The smallest absolute Gasteiger partial charge is 0.193 e. The molecule has 1 saturated carbocycles. The fourth-order valence-corrected chi connectivity index (χ4v) is 4.04. The van der Waals surface area contributed by atoms with Gasteiger partial charge in [-0.3, -0.25) is 4.99 Å². The zero-order valence-corrected chi connectivity index (χ0v) is 14.4. The molecule has 0 radical (unpaired) electrons. The first kappa shape index (κ1) is 16.6. The Morgan fingerprint density at radius 3 is 2.38 bits per heavy atom. The third-order valence-corrected chi connectivity index (χ3v) is 5.08. The highest BCUT2D eigenvalue weighted by Crippen LogP contribution is 2.22. The highest BCUT2D eigenvalue weighted by atomic mass is 15.3. The Bertz CT molecular complexity index is 326. The summed E-state index contributed by atoms with van der Waals surface area (Å²) in [6, 6.07) is 0.809. The van der Waals surface area contributed by atoms with Crippen molar-refractivity contribution >= 4 is 5.96 Å². The first-order chi connectivity index (χ1) is 10.1. The largest absolute Gasteiger partial charge is 0.355 e. The lowest BCUT2D eigenvalue weighted by Gasteiger charge is -2.37. The summed E-state index contributed by atoms with van der Waals surface area (Å²) < 4.78 is 0. The first-order valence-electron chi connectivity index (χ1n) is 8.76. The monoisotopic (exact) mass is 294 g/mol. The van der Waals surface area contributed by atoms with Gasteiger partial charge >= 0.3 is 0 Å². The number of piperidine rings is 1. The molecule has 0 aromatic heterocycles. The Kier molecular flexibility index (Phi) is 6.34. The van der Waals surface area contributed by atoms with Crippen molar-refractivity contribution < 1.29 is 0 Å². The van der Waals surface area contributed by atoms with Crippen molar-refractivity contribution in [3.05, 3.63) is 0 Å². The second-order valence-electron chi connectivity index (χ2n) is 7.24. The van der Waals surface area contributed by atoms with E-state index in [1.54, 1.807) is 0 Å². The number of rotatable bonds is 4. The van der Waals surface area contributed by atoms with Crippen molar-refractivity contribution in [1.82, 2.24) is 15.1 Å². The van der Waals surface area contributed by atoms with Crippen LogP contribution in [0, 0.1) is 11.8 Å². The predicted molar refractivity (Wildman–Crippen MR) is 90.8 cm³/mol. The number of hydrogen-bond donors (Lipinski definition) is 1. The average Bonchev–Trinajstić information content (AvgIpc) is 2.96.